The summed E-state index contributed by atoms with van der Waals surface area (Å²) in [5.41, 5.74) is 0. The Morgan fingerprint density at radius 1 is 0.356 bits per heavy atom. The van der Waals surface area contributed by atoms with Crippen molar-refractivity contribution in [2.75, 3.05) is 0 Å². The molecule has 0 spiro atoms. The first-order valence-electron chi connectivity index (χ1n) is 27.2. The summed E-state index contributed by atoms with van der Waals surface area (Å²) in [6.45, 7) is 0. The Hall–Kier alpha value is -3.80. The van der Waals surface area contributed by atoms with E-state index in [9.17, 15) is 13.0 Å². The smallest absolute Gasteiger partial charge is 0.271 e. The molecule has 8 bridgehead atoms. The van der Waals surface area contributed by atoms with Crippen molar-refractivity contribution in [3.05, 3.63) is 121 Å². The molecule has 4 saturated carbocycles. The monoisotopic (exact) mass is 1030 g/mol. The normalized spacial score (nSPS) is 41.7. The maximum atomic E-state index is 14.0. The summed E-state index contributed by atoms with van der Waals surface area (Å²) in [5, 5.41) is 31.9. The van der Waals surface area contributed by atoms with Crippen LogP contribution in [0.4, 0.5) is 0 Å². The third-order valence-electron chi connectivity index (χ3n) is 18.5. The summed E-state index contributed by atoms with van der Waals surface area (Å²) in [5.74, 6) is 4.33. The third-order valence-corrected chi connectivity index (χ3v) is 19.8. The molecule has 5 heterocycles. The van der Waals surface area contributed by atoms with Gasteiger partial charge in [-0.05, 0) is 161 Å². The number of nitrogens with one attached hydrogen (secondary N) is 8. The van der Waals surface area contributed by atoms with Gasteiger partial charge in [0.1, 0.15) is 34.4 Å². The number of benzene rings is 4. The van der Waals surface area contributed by atoms with Crippen molar-refractivity contribution in [2.24, 2.45) is 47.3 Å². The zero-order valence-electron chi connectivity index (χ0n) is 40.8. The highest BCUT2D eigenvalue weighted by Crippen LogP contribution is 2.48. The summed E-state index contributed by atoms with van der Waals surface area (Å²) < 4.78 is 66.2. The molecule has 4 aromatic carbocycles. The molecule has 9 N–H and O–H groups in total. The lowest BCUT2D eigenvalue weighted by molar-refractivity contribution is 0.0628. The van der Waals surface area contributed by atoms with Crippen LogP contribution in [0.1, 0.15) is 70.6 Å². The van der Waals surface area contributed by atoms with Gasteiger partial charge in [-0.3, -0.25) is 47.1 Å². The quantitative estimate of drug-likeness (QED) is 0.0842. The van der Waals surface area contributed by atoms with Gasteiger partial charge in [0, 0.05) is 5.92 Å². The standard InChI is InChI=1S/C56H72N8O7S.Al.3H/c65-72(66,67)48-46(71-35-19-11-4-12-20-35)28-27-42-47(48)56-63-52(42)62-54-44-30-37(69-33-15-7-2-8-16-33)22-25-40(44)51(60-54)59-53-43-29-36(68-32-13-5-1-6-14-32)21-24-39(43)49(58-53)57-50-41-26-23-38(31-45(41)55(61-50)64-56)70-34-17-9-3-10-18-34;;;;/h1-20,36-64H,21-31H2,(H,65,66,67);;;;. The van der Waals surface area contributed by atoms with Gasteiger partial charge < -0.3 is 18.9 Å². The van der Waals surface area contributed by atoms with Crippen LogP contribution in [0.5, 0.6) is 23.0 Å². The minimum absolute atomic E-state index is 0. The molecule has 21 unspecified atom stereocenters. The van der Waals surface area contributed by atoms with Gasteiger partial charge in [-0.25, -0.2) is 0 Å². The molecule has 5 saturated heterocycles. The number of para-hydroxylation sites is 4. The van der Waals surface area contributed by atoms with E-state index in [4.69, 9.17) is 18.9 Å². The fourth-order valence-corrected chi connectivity index (χ4v) is 16.8. The molecule has 0 amide bonds. The van der Waals surface area contributed by atoms with Gasteiger partial charge in [-0.1, -0.05) is 72.8 Å². The third kappa shape index (κ3) is 10.3. The van der Waals surface area contributed by atoms with E-state index in [0.717, 1.165) is 75.0 Å². The van der Waals surface area contributed by atoms with Crippen molar-refractivity contribution in [1.29, 1.82) is 0 Å². The summed E-state index contributed by atoms with van der Waals surface area (Å²) in [6.07, 6.45) is 8.22. The molecule has 21 atom stereocenters. The van der Waals surface area contributed by atoms with Crippen LogP contribution in [0.25, 0.3) is 0 Å². The Bertz CT molecular complexity index is 2570. The van der Waals surface area contributed by atoms with Crippen molar-refractivity contribution in [1.82, 2.24) is 42.5 Å². The van der Waals surface area contributed by atoms with E-state index in [2.05, 4.69) is 66.8 Å². The number of rotatable bonds is 9. The van der Waals surface area contributed by atoms with E-state index in [1.165, 1.54) is 0 Å². The summed E-state index contributed by atoms with van der Waals surface area (Å²) in [7, 11) is -4.60. The summed E-state index contributed by atoms with van der Waals surface area (Å²) in [4.78, 5) is 0. The van der Waals surface area contributed by atoms with E-state index >= 15 is 0 Å². The van der Waals surface area contributed by atoms with Crippen molar-refractivity contribution in [3.8, 4) is 23.0 Å². The molecule has 0 radical (unpaired) electrons. The van der Waals surface area contributed by atoms with Crippen LogP contribution in [0.2, 0.25) is 0 Å². The SMILES string of the molecule is O=S(=O)(O)C1C(Oc2ccccc2)CCC2C3NC4NC(NC5NC(NC6NC(NC(N3)C21)C1CC(Oc2ccccc2)CCC61)C1CCC(Oc2ccccc2)CC51)C1CCC(Oc2ccccc2)CC41.[AlH3]. The molecular weight excluding hydrogens is 956 g/mol. The minimum atomic E-state index is -4.60. The molecule has 0 aromatic heterocycles. The molecule has 13 rings (SSSR count). The predicted octanol–water partition coefficient (Wildman–Crippen LogP) is 4.52. The lowest BCUT2D eigenvalue weighted by Gasteiger charge is -2.42. The molecule has 5 aliphatic heterocycles. The van der Waals surface area contributed by atoms with Gasteiger partial charge in [0.15, 0.2) is 17.4 Å². The molecular formula is C56H75AlN8O7S. The Morgan fingerprint density at radius 2 is 0.644 bits per heavy atom. The first-order valence-corrected chi connectivity index (χ1v) is 28.7. The number of fused-ring (bicyclic) bond motifs is 20. The van der Waals surface area contributed by atoms with Gasteiger partial charge >= 0.3 is 0 Å². The topological polar surface area (TPSA) is 188 Å². The highest BCUT2D eigenvalue weighted by Gasteiger charge is 2.60. The molecule has 390 valence electrons. The molecule has 4 aliphatic carbocycles. The van der Waals surface area contributed by atoms with E-state index in [1.807, 2.05) is 97.1 Å². The van der Waals surface area contributed by atoms with E-state index in [-0.39, 0.29) is 103 Å². The largest absolute Gasteiger partial charge is 0.490 e. The van der Waals surface area contributed by atoms with Gasteiger partial charge in [0.2, 0.25) is 0 Å². The second-order valence-electron chi connectivity index (χ2n) is 22.5. The van der Waals surface area contributed by atoms with Gasteiger partial charge in [-0.2, -0.15) is 8.42 Å². The van der Waals surface area contributed by atoms with Gasteiger partial charge in [0.05, 0.1) is 67.6 Å². The Morgan fingerprint density at radius 3 is 0.986 bits per heavy atom. The Balaban J connectivity index is 0.00000543. The number of hydrogen-bond donors (Lipinski definition) is 9. The maximum absolute atomic E-state index is 14.0. The van der Waals surface area contributed by atoms with Crippen LogP contribution in [0, 0.1) is 47.3 Å². The minimum Gasteiger partial charge on any atom is -0.490 e. The highest BCUT2D eigenvalue weighted by molar-refractivity contribution is 7.86. The highest BCUT2D eigenvalue weighted by atomic mass is 32.2. The number of ether oxygens (including phenoxy) is 4. The van der Waals surface area contributed by atoms with Crippen LogP contribution in [0.15, 0.2) is 121 Å². The fraction of sp³-hybridized carbons (Fsp3) is 0.571. The molecule has 9 aliphatic rings. The molecule has 15 nitrogen and oxygen atoms in total. The first-order chi connectivity index (χ1) is 35.2. The van der Waals surface area contributed by atoms with Gasteiger partial charge in [-0.15, -0.1) is 0 Å². The predicted molar refractivity (Wildman–Crippen MR) is 283 cm³/mol. The zero-order chi connectivity index (χ0) is 48.3. The van der Waals surface area contributed by atoms with Crippen molar-refractivity contribution in [2.45, 2.75) is 150 Å². The van der Waals surface area contributed by atoms with Crippen LogP contribution in [-0.4, -0.2) is 109 Å². The average Bonchev–Trinajstić information content (AvgIpc) is 4.12. The first kappa shape index (κ1) is 50.0. The summed E-state index contributed by atoms with van der Waals surface area (Å²) in [6, 6.07) is 40.0. The van der Waals surface area contributed by atoms with Crippen LogP contribution in [0.3, 0.4) is 0 Å². The Labute approximate surface area is 441 Å². The lowest BCUT2D eigenvalue weighted by Crippen LogP contribution is -2.62. The van der Waals surface area contributed by atoms with Crippen molar-refractivity contribution < 1.29 is 31.9 Å². The molecule has 73 heavy (non-hydrogen) atoms. The van der Waals surface area contributed by atoms with Crippen LogP contribution < -0.4 is 61.5 Å². The van der Waals surface area contributed by atoms with Crippen molar-refractivity contribution >= 4 is 27.5 Å². The lowest BCUT2D eigenvalue weighted by atomic mass is 9.75. The van der Waals surface area contributed by atoms with Gasteiger partial charge in [0.25, 0.3) is 10.1 Å². The second kappa shape index (κ2) is 21.3. The van der Waals surface area contributed by atoms with Crippen molar-refractivity contribution in [3.63, 3.8) is 0 Å². The average molecular weight is 1030 g/mol. The van der Waals surface area contributed by atoms with Crippen LogP contribution >= 0.6 is 0 Å². The summed E-state index contributed by atoms with van der Waals surface area (Å²) >= 11 is 0. The molecule has 4 aromatic rings. The van der Waals surface area contributed by atoms with E-state index in [1.54, 1.807) is 0 Å². The maximum Gasteiger partial charge on any atom is 0.271 e. The zero-order valence-corrected chi connectivity index (χ0v) is 41.6. The fourth-order valence-electron chi connectivity index (χ4n) is 15.5. The Kier molecular flexibility index (Phi) is 14.6. The van der Waals surface area contributed by atoms with E-state index < -0.39 is 33.6 Å². The molecule has 9 fully saturated rings. The van der Waals surface area contributed by atoms with Crippen LogP contribution in [-0.2, 0) is 10.1 Å². The number of hydrogen-bond acceptors (Lipinski definition) is 14. The second-order valence-corrected chi connectivity index (χ2v) is 24.1. The van der Waals surface area contributed by atoms with E-state index in [0.29, 0.717) is 36.3 Å². The molecule has 17 heteroatoms.